The van der Waals surface area contributed by atoms with E-state index in [0.717, 1.165) is 40.1 Å². The van der Waals surface area contributed by atoms with Crippen molar-refractivity contribution in [2.45, 2.75) is 101 Å². The lowest BCUT2D eigenvalue weighted by Crippen LogP contribution is -2.44. The smallest absolute Gasteiger partial charge is 0.456 e. The zero-order valence-corrected chi connectivity index (χ0v) is 53.2. The molecule has 0 radical (unpaired) electrons. The van der Waals surface area contributed by atoms with Crippen LogP contribution in [-0.4, -0.2) is 120 Å². The molecule has 0 saturated carbocycles. The summed E-state index contributed by atoms with van der Waals surface area (Å²) in [5.74, 6) is 6.40. The van der Waals surface area contributed by atoms with Gasteiger partial charge in [0.25, 0.3) is 20.2 Å². The van der Waals surface area contributed by atoms with Crippen molar-refractivity contribution in [2.24, 2.45) is 0 Å². The molecule has 89 heavy (non-hydrogen) atoms. The first-order chi connectivity index (χ1) is 41.7. The topological polar surface area (TPSA) is 379 Å². The molecular weight excluding hydrogens is 1260 g/mol. The zero-order chi connectivity index (χ0) is 64.5. The summed E-state index contributed by atoms with van der Waals surface area (Å²) in [6, 6.07) is 18.2. The first-order valence-corrected chi connectivity index (χ1v) is 35.5. The average Bonchev–Trinajstić information content (AvgIpc) is 1.73. The Bertz CT molecular complexity index is 4280. The summed E-state index contributed by atoms with van der Waals surface area (Å²) < 4.78 is 133. The van der Waals surface area contributed by atoms with Crippen molar-refractivity contribution in [2.75, 3.05) is 42.6 Å². The Morgan fingerprint density at radius 3 is 2.40 bits per heavy atom. The van der Waals surface area contributed by atoms with E-state index in [1.165, 1.54) is 24.5 Å². The van der Waals surface area contributed by atoms with Gasteiger partial charge in [0.2, 0.25) is 11.6 Å². The minimum atomic E-state index is -5.73. The Morgan fingerprint density at radius 2 is 1.70 bits per heavy atom. The second-order valence-corrected chi connectivity index (χ2v) is 29.5. The predicted octanol–water partition coefficient (Wildman–Crippen LogP) is 8.90. The van der Waals surface area contributed by atoms with Crippen LogP contribution in [0.15, 0.2) is 121 Å². The number of allylic oxidation sites excluding steroid dienone is 8. The van der Waals surface area contributed by atoms with Gasteiger partial charge in [0.15, 0.2) is 5.71 Å². The molecule has 9 rings (SSSR count). The number of fused-ring (bicyclic) bond motifs is 4. The van der Waals surface area contributed by atoms with E-state index in [-0.39, 0.29) is 67.4 Å². The van der Waals surface area contributed by atoms with E-state index in [1.54, 1.807) is 10.8 Å². The second kappa shape index (κ2) is 26.2. The molecule has 1 fully saturated rings. The Morgan fingerprint density at radius 1 is 0.944 bits per heavy atom. The molecular formula is C58H67N7O19P3S2+. The quantitative estimate of drug-likeness (QED) is 0.00994. The number of hydrogen-bond donors (Lipinski definition) is 8. The third kappa shape index (κ3) is 15.9. The van der Waals surface area contributed by atoms with Crippen molar-refractivity contribution in [1.29, 1.82) is 0 Å². The summed E-state index contributed by atoms with van der Waals surface area (Å²) in [7, 11) is -25.8. The number of amides is 1. The highest BCUT2D eigenvalue weighted by atomic mass is 32.2. The van der Waals surface area contributed by atoms with Gasteiger partial charge in [0, 0.05) is 71.7 Å². The second-order valence-electron chi connectivity index (χ2n) is 22.1. The lowest BCUT2D eigenvalue weighted by Gasteiger charge is -2.43. The van der Waals surface area contributed by atoms with E-state index in [0.29, 0.717) is 51.5 Å². The Hall–Kier alpha value is -6.73. The summed E-state index contributed by atoms with van der Waals surface area (Å²) in [4.78, 5) is 61.0. The van der Waals surface area contributed by atoms with E-state index in [1.807, 2.05) is 78.3 Å². The lowest BCUT2D eigenvalue weighted by molar-refractivity contribution is -0.437. The molecule has 0 bridgehead atoms. The van der Waals surface area contributed by atoms with Crippen LogP contribution in [0.2, 0.25) is 0 Å². The summed E-state index contributed by atoms with van der Waals surface area (Å²) >= 11 is 0. The Balaban J connectivity index is 0.927. The van der Waals surface area contributed by atoms with Crippen LogP contribution in [0.4, 0.5) is 17.2 Å². The maximum Gasteiger partial charge on any atom is 0.490 e. The van der Waals surface area contributed by atoms with Crippen molar-refractivity contribution in [3.05, 3.63) is 144 Å². The fourth-order valence-corrected chi connectivity index (χ4v) is 15.7. The van der Waals surface area contributed by atoms with Crippen LogP contribution in [0.5, 0.6) is 5.75 Å². The van der Waals surface area contributed by atoms with Gasteiger partial charge < -0.3 is 49.6 Å². The molecule has 1 amide bonds. The summed E-state index contributed by atoms with van der Waals surface area (Å²) in [5.41, 5.74) is 13.3. The number of phosphoric acid groups is 3. The minimum Gasteiger partial charge on any atom is -0.456 e. The number of ether oxygens (including phenoxy) is 2. The van der Waals surface area contributed by atoms with Gasteiger partial charge in [-0.3, -0.25) is 18.4 Å². The number of phosphoric ester groups is 1. The molecule has 2 aromatic heterocycles. The van der Waals surface area contributed by atoms with Crippen molar-refractivity contribution < 1.29 is 91.2 Å². The molecule has 5 aromatic rings. The van der Waals surface area contributed by atoms with Crippen molar-refractivity contribution in [3.63, 3.8) is 0 Å². The molecule has 1 saturated heterocycles. The van der Waals surface area contributed by atoms with E-state index >= 15 is 0 Å². The maximum atomic E-state index is 13.5. The monoisotopic (exact) mass is 1320 g/mol. The fourth-order valence-electron chi connectivity index (χ4n) is 11.6. The van der Waals surface area contributed by atoms with Gasteiger partial charge in [0.05, 0.1) is 51.8 Å². The van der Waals surface area contributed by atoms with Crippen LogP contribution in [0.1, 0.15) is 107 Å². The summed E-state index contributed by atoms with van der Waals surface area (Å²) in [6.07, 6.45) is 15.8. The van der Waals surface area contributed by atoms with E-state index in [2.05, 4.69) is 86.6 Å². The number of nitrogens with zero attached hydrogens (tertiary/aromatic N) is 5. The number of nitrogens with two attached hydrogens (primary N) is 1. The van der Waals surface area contributed by atoms with E-state index < -0.39 is 73.8 Å². The number of carbonyl (C=O) groups is 1. The third-order valence-corrected chi connectivity index (χ3v) is 20.8. The highest BCUT2D eigenvalue weighted by Crippen LogP contribution is 2.66. The molecule has 3 unspecified atom stereocenters. The van der Waals surface area contributed by atoms with Gasteiger partial charge >= 0.3 is 23.5 Å². The molecule has 26 nitrogen and oxygen atoms in total. The summed E-state index contributed by atoms with van der Waals surface area (Å²) in [6.45, 7) is 10.6. The minimum absolute atomic E-state index is 0.0115. The first-order valence-electron chi connectivity index (χ1n) is 27.9. The van der Waals surface area contributed by atoms with Crippen LogP contribution < -0.4 is 20.7 Å². The molecule has 474 valence electrons. The van der Waals surface area contributed by atoms with Gasteiger partial charge in [-0.2, -0.15) is 30.0 Å². The van der Waals surface area contributed by atoms with E-state index in [9.17, 15) is 54.2 Å². The molecule has 4 aliphatic rings. The maximum absolute atomic E-state index is 13.5. The highest BCUT2D eigenvalue weighted by molar-refractivity contribution is 7.86. The van der Waals surface area contributed by atoms with Crippen molar-refractivity contribution in [1.82, 2.24) is 19.9 Å². The van der Waals surface area contributed by atoms with Gasteiger partial charge in [-0.05, 0) is 95.7 Å². The molecule has 5 atom stereocenters. The largest absolute Gasteiger partial charge is 0.490 e. The van der Waals surface area contributed by atoms with Crippen LogP contribution in [0, 0.1) is 11.8 Å². The van der Waals surface area contributed by atoms with Gasteiger partial charge in [-0.15, -0.1) is 0 Å². The standard InChI is InChI=1S/C58H66N7O19P3S2/c1-6-65-48-33-50-45(32-44(48)38(2)34-57(65,3)4)40(30-49(82-50)39-16-9-7-10-17-39)18-11-8-12-20-51-58(5,46-31-43(89(77,78)79)23-24-47(46)63(51)28-15-29-88(74,75)76)26-13-21-52(66)60-27-14-19-41-35-64(56-54(41)55(59)61-37-62-56)53-25-22-42(81-53)36-80-86(70,71)84-87(72,73)83-85(67,68)69/h7-12,16-18,20,23-24,30-35,37,42,53H,6,13,15,21-22,25-29,36H2,1-5H3,(H8-,59,60,61,62,66,67,68,69,70,71,72,73,74,75,76,77,78,79)/p+1/t42-,53+,58?/m0/s1. The van der Waals surface area contributed by atoms with Crippen LogP contribution in [0.25, 0.3) is 27.9 Å². The zero-order valence-electron chi connectivity index (χ0n) is 48.9. The van der Waals surface area contributed by atoms with Gasteiger partial charge in [-0.1, -0.05) is 72.6 Å². The number of benzene rings is 3. The number of aromatic nitrogens is 3. The molecule has 31 heteroatoms. The van der Waals surface area contributed by atoms with Gasteiger partial charge in [0.1, 0.15) is 42.1 Å². The number of nitrogen functional groups attached to an aromatic ring is 1. The Labute approximate surface area is 514 Å². The number of carbonyl (C=O) groups excluding carboxylic acids is 1. The van der Waals surface area contributed by atoms with Crippen LogP contribution in [-0.2, 0) is 62.0 Å². The van der Waals surface area contributed by atoms with Crippen molar-refractivity contribution >= 4 is 100 Å². The molecule has 4 aliphatic heterocycles. The number of likely N-dealkylation sites (N-methyl/N-ethyl adjacent to an activating group) is 1. The molecule has 3 aromatic carbocycles. The normalized spacial score (nSPS) is 21.0. The first kappa shape index (κ1) is 66.7. The van der Waals surface area contributed by atoms with Gasteiger partial charge in [-0.25, -0.2) is 23.7 Å². The fraction of sp³-hybridized carbons (Fsp3) is 0.345. The third-order valence-electron chi connectivity index (χ3n) is 15.4. The number of nitrogens with one attached hydrogen (secondary N) is 1. The molecule has 9 N–H and O–H groups in total. The van der Waals surface area contributed by atoms with Crippen molar-refractivity contribution in [3.8, 4) is 17.6 Å². The van der Waals surface area contributed by atoms with E-state index in [4.69, 9.17) is 29.5 Å². The summed E-state index contributed by atoms with van der Waals surface area (Å²) in [5, 5.41) is 3.15. The SMILES string of the molecule is CCN1c2cc3c(cc2C(C)=CC1(C)C)C(=CC=CC=CC1=[N+](CCCS(=O)(=O)O)c2ccc(S(=O)(=O)O)cc2C1(C)CCCC(=O)NCC#Cc1cn([C@H]2CC[C@@H](COP(=O)(O)OP(=O)(O)OP(=O)(O)O)O2)c2ncnc(N)c12)C=C(c1ccccc1)O3. The molecule has 0 aliphatic carbocycles. The number of hydrogen-bond acceptors (Lipinski definition) is 17. The highest BCUT2D eigenvalue weighted by Gasteiger charge is 2.48. The average molecular weight is 1320 g/mol. The molecule has 6 heterocycles. The Kier molecular flexibility index (Phi) is 19.7. The van der Waals surface area contributed by atoms with Crippen LogP contribution in [0.3, 0.4) is 0 Å². The number of rotatable bonds is 23. The molecule has 0 spiro atoms. The lowest BCUT2D eigenvalue weighted by atomic mass is 9.75. The predicted molar refractivity (Wildman–Crippen MR) is 332 cm³/mol. The van der Waals surface area contributed by atoms with Crippen LogP contribution >= 0.6 is 23.5 Å². The number of anilines is 2.